The van der Waals surface area contributed by atoms with Crippen molar-refractivity contribution in [1.29, 1.82) is 0 Å². The molecule has 2 aromatic carbocycles. The topological polar surface area (TPSA) is 46.5 Å². The molecule has 0 heterocycles. The molecule has 0 fully saturated rings. The van der Waals surface area contributed by atoms with Crippen molar-refractivity contribution in [2.24, 2.45) is 0 Å². The Morgan fingerprint density at radius 2 is 1.89 bits per heavy atom. The first-order valence-corrected chi connectivity index (χ1v) is 5.65. The summed E-state index contributed by atoms with van der Waals surface area (Å²) >= 11 is 0. The molecule has 0 unspecified atom stereocenters. The van der Waals surface area contributed by atoms with Crippen LogP contribution in [0.5, 0.6) is 11.5 Å². The lowest BCUT2D eigenvalue weighted by molar-refractivity contribution is 0.0992. The van der Waals surface area contributed by atoms with Crippen LogP contribution in [0.4, 0.5) is 0 Å². The molecule has 3 heteroatoms. The second kappa shape index (κ2) is 5.36. The number of benzene rings is 2. The SMILES string of the molecule is COc1ccc(O)c(CC(=O)c2ccccc2)c1. The average molecular weight is 242 g/mol. The Hall–Kier alpha value is -2.29. The minimum absolute atomic E-state index is 0.0286. The highest BCUT2D eigenvalue weighted by Crippen LogP contribution is 2.24. The van der Waals surface area contributed by atoms with Gasteiger partial charge in [-0.25, -0.2) is 0 Å². The zero-order valence-electron chi connectivity index (χ0n) is 10.1. The second-order valence-corrected chi connectivity index (χ2v) is 3.96. The predicted octanol–water partition coefficient (Wildman–Crippen LogP) is 2.83. The van der Waals surface area contributed by atoms with E-state index in [4.69, 9.17) is 4.74 Å². The Morgan fingerprint density at radius 1 is 1.17 bits per heavy atom. The van der Waals surface area contributed by atoms with Crippen molar-refractivity contribution in [3.8, 4) is 11.5 Å². The molecule has 0 radical (unpaired) electrons. The molecule has 0 saturated carbocycles. The Labute approximate surface area is 106 Å². The molecule has 0 amide bonds. The molecule has 0 aliphatic carbocycles. The molecule has 18 heavy (non-hydrogen) atoms. The number of Topliss-reactive ketones (excluding diaryl/α,β-unsaturated/α-hetero) is 1. The van der Waals surface area contributed by atoms with Crippen LogP contribution in [0.15, 0.2) is 48.5 Å². The smallest absolute Gasteiger partial charge is 0.167 e. The van der Waals surface area contributed by atoms with E-state index in [0.717, 1.165) is 0 Å². The molecular weight excluding hydrogens is 228 g/mol. The van der Waals surface area contributed by atoms with Crippen molar-refractivity contribution in [1.82, 2.24) is 0 Å². The monoisotopic (exact) mass is 242 g/mol. The minimum Gasteiger partial charge on any atom is -0.508 e. The van der Waals surface area contributed by atoms with Gasteiger partial charge in [0, 0.05) is 17.5 Å². The van der Waals surface area contributed by atoms with Crippen molar-refractivity contribution in [2.45, 2.75) is 6.42 Å². The van der Waals surface area contributed by atoms with Crippen molar-refractivity contribution in [3.63, 3.8) is 0 Å². The van der Waals surface area contributed by atoms with E-state index in [9.17, 15) is 9.90 Å². The Balaban J connectivity index is 2.21. The molecule has 0 aliphatic heterocycles. The Morgan fingerprint density at radius 3 is 2.56 bits per heavy atom. The fourth-order valence-corrected chi connectivity index (χ4v) is 1.73. The zero-order valence-corrected chi connectivity index (χ0v) is 10.1. The minimum atomic E-state index is -0.0286. The summed E-state index contributed by atoms with van der Waals surface area (Å²) in [4.78, 5) is 12.0. The number of carbonyl (C=O) groups is 1. The molecule has 0 saturated heterocycles. The highest BCUT2D eigenvalue weighted by Gasteiger charge is 2.10. The fraction of sp³-hybridized carbons (Fsp3) is 0.133. The third-order valence-electron chi connectivity index (χ3n) is 2.73. The van der Waals surface area contributed by atoms with Crippen molar-refractivity contribution in [2.75, 3.05) is 7.11 Å². The van der Waals surface area contributed by atoms with Crippen LogP contribution in [0.3, 0.4) is 0 Å². The maximum absolute atomic E-state index is 12.0. The van der Waals surface area contributed by atoms with E-state index < -0.39 is 0 Å². The van der Waals surface area contributed by atoms with Crippen molar-refractivity contribution >= 4 is 5.78 Å². The van der Waals surface area contributed by atoms with Gasteiger partial charge in [-0.05, 0) is 18.2 Å². The number of phenols is 1. The highest BCUT2D eigenvalue weighted by atomic mass is 16.5. The zero-order chi connectivity index (χ0) is 13.0. The van der Waals surface area contributed by atoms with Crippen LogP contribution < -0.4 is 4.74 Å². The maximum Gasteiger partial charge on any atom is 0.167 e. The Bertz CT molecular complexity index is 547. The number of rotatable bonds is 4. The molecule has 2 aromatic rings. The number of carbonyl (C=O) groups excluding carboxylic acids is 1. The van der Waals surface area contributed by atoms with Crippen LogP contribution >= 0.6 is 0 Å². The van der Waals surface area contributed by atoms with E-state index in [1.165, 1.54) is 6.07 Å². The first kappa shape index (κ1) is 12.2. The third-order valence-corrected chi connectivity index (χ3v) is 2.73. The van der Waals surface area contributed by atoms with E-state index in [1.807, 2.05) is 18.2 Å². The summed E-state index contributed by atoms with van der Waals surface area (Å²) < 4.78 is 5.07. The molecule has 92 valence electrons. The van der Waals surface area contributed by atoms with Crippen LogP contribution in [-0.2, 0) is 6.42 Å². The van der Waals surface area contributed by atoms with Gasteiger partial charge in [-0.1, -0.05) is 30.3 Å². The maximum atomic E-state index is 12.0. The summed E-state index contributed by atoms with van der Waals surface area (Å²) in [6, 6.07) is 13.9. The first-order chi connectivity index (χ1) is 8.70. The van der Waals surface area contributed by atoms with Gasteiger partial charge in [0.25, 0.3) is 0 Å². The summed E-state index contributed by atoms with van der Waals surface area (Å²) in [5.74, 6) is 0.711. The molecule has 0 bridgehead atoms. The predicted molar refractivity (Wildman–Crippen MR) is 69.1 cm³/mol. The number of hydrogen-bond donors (Lipinski definition) is 1. The average Bonchev–Trinajstić information content (AvgIpc) is 2.42. The molecule has 3 nitrogen and oxygen atoms in total. The highest BCUT2D eigenvalue weighted by molar-refractivity contribution is 5.97. The van der Waals surface area contributed by atoms with Crippen LogP contribution in [0.2, 0.25) is 0 Å². The quantitative estimate of drug-likeness (QED) is 0.838. The van der Waals surface area contributed by atoms with Gasteiger partial charge in [-0.3, -0.25) is 4.79 Å². The first-order valence-electron chi connectivity index (χ1n) is 5.65. The van der Waals surface area contributed by atoms with Gasteiger partial charge in [0.1, 0.15) is 11.5 Å². The molecule has 0 aromatic heterocycles. The van der Waals surface area contributed by atoms with E-state index in [1.54, 1.807) is 31.4 Å². The molecule has 0 aliphatic rings. The van der Waals surface area contributed by atoms with Crippen molar-refractivity contribution in [3.05, 3.63) is 59.7 Å². The van der Waals surface area contributed by atoms with Crippen LogP contribution in [0.25, 0.3) is 0 Å². The summed E-state index contributed by atoms with van der Waals surface area (Å²) in [5, 5.41) is 9.72. The number of ether oxygens (including phenoxy) is 1. The van der Waals surface area contributed by atoms with E-state index in [2.05, 4.69) is 0 Å². The standard InChI is InChI=1S/C15H14O3/c1-18-13-7-8-14(16)12(9-13)10-15(17)11-5-3-2-4-6-11/h2-9,16H,10H2,1H3. The molecular formula is C15H14O3. The fourth-order valence-electron chi connectivity index (χ4n) is 1.73. The normalized spacial score (nSPS) is 10.1. The largest absolute Gasteiger partial charge is 0.508 e. The third kappa shape index (κ3) is 2.69. The summed E-state index contributed by atoms with van der Waals surface area (Å²) in [5.41, 5.74) is 1.21. The number of methoxy groups -OCH3 is 1. The van der Waals surface area contributed by atoms with Crippen LogP contribution in [-0.4, -0.2) is 18.0 Å². The van der Waals surface area contributed by atoms with Gasteiger partial charge in [-0.2, -0.15) is 0 Å². The Kier molecular flexibility index (Phi) is 3.63. The van der Waals surface area contributed by atoms with Gasteiger partial charge in [0.05, 0.1) is 7.11 Å². The molecule has 2 rings (SSSR count). The molecule has 0 atom stereocenters. The van der Waals surface area contributed by atoms with E-state index in [-0.39, 0.29) is 18.0 Å². The lowest BCUT2D eigenvalue weighted by atomic mass is 10.0. The second-order valence-electron chi connectivity index (χ2n) is 3.96. The van der Waals surface area contributed by atoms with Gasteiger partial charge < -0.3 is 9.84 Å². The van der Waals surface area contributed by atoms with E-state index in [0.29, 0.717) is 16.9 Å². The van der Waals surface area contributed by atoms with Crippen LogP contribution in [0.1, 0.15) is 15.9 Å². The van der Waals surface area contributed by atoms with Crippen LogP contribution in [0, 0.1) is 0 Å². The van der Waals surface area contributed by atoms with Gasteiger partial charge >= 0.3 is 0 Å². The molecule has 1 N–H and O–H groups in total. The summed E-state index contributed by atoms with van der Waals surface area (Å²) in [7, 11) is 1.55. The number of hydrogen-bond acceptors (Lipinski definition) is 3. The lowest BCUT2D eigenvalue weighted by Crippen LogP contribution is -2.03. The summed E-state index contributed by atoms with van der Waals surface area (Å²) in [6.07, 6.45) is 0.160. The van der Waals surface area contributed by atoms with Gasteiger partial charge in [0.15, 0.2) is 5.78 Å². The summed E-state index contributed by atoms with van der Waals surface area (Å²) in [6.45, 7) is 0. The van der Waals surface area contributed by atoms with E-state index >= 15 is 0 Å². The number of aromatic hydroxyl groups is 1. The number of phenolic OH excluding ortho intramolecular Hbond substituents is 1. The van der Waals surface area contributed by atoms with Crippen molar-refractivity contribution < 1.29 is 14.6 Å². The van der Waals surface area contributed by atoms with Gasteiger partial charge in [-0.15, -0.1) is 0 Å². The van der Waals surface area contributed by atoms with Gasteiger partial charge in [0.2, 0.25) is 0 Å². The lowest BCUT2D eigenvalue weighted by Gasteiger charge is -2.06. The number of ketones is 1. The molecule has 0 spiro atoms.